The van der Waals surface area contributed by atoms with E-state index < -0.39 is 0 Å². The Hall–Kier alpha value is -2.96. The normalized spacial score (nSPS) is 10.5. The van der Waals surface area contributed by atoms with E-state index >= 15 is 0 Å². The van der Waals surface area contributed by atoms with Crippen molar-refractivity contribution in [3.63, 3.8) is 0 Å². The number of ether oxygens (including phenoxy) is 1. The Morgan fingerprint density at radius 3 is 2.68 bits per heavy atom. The van der Waals surface area contributed by atoms with E-state index in [9.17, 15) is 0 Å². The summed E-state index contributed by atoms with van der Waals surface area (Å²) in [5.74, 6) is 2.09. The molecule has 0 fully saturated rings. The molecule has 0 aliphatic carbocycles. The Labute approximate surface area is 127 Å². The van der Waals surface area contributed by atoms with Crippen LogP contribution in [0.5, 0.6) is 5.75 Å². The zero-order valence-electron chi connectivity index (χ0n) is 12.4. The number of aromatic nitrogens is 5. The molecule has 0 amide bonds. The van der Waals surface area contributed by atoms with Crippen LogP contribution < -0.4 is 10.1 Å². The van der Waals surface area contributed by atoms with Gasteiger partial charge < -0.3 is 15.0 Å². The van der Waals surface area contributed by atoms with Crippen molar-refractivity contribution in [3.05, 3.63) is 48.2 Å². The first-order valence-corrected chi connectivity index (χ1v) is 6.83. The molecule has 0 bridgehead atoms. The second-order valence-corrected chi connectivity index (χ2v) is 4.76. The average molecular weight is 296 g/mol. The van der Waals surface area contributed by atoms with E-state index in [1.165, 1.54) is 0 Å². The fourth-order valence-corrected chi connectivity index (χ4v) is 2.00. The largest absolute Gasteiger partial charge is 0.497 e. The van der Waals surface area contributed by atoms with Crippen molar-refractivity contribution in [1.82, 2.24) is 25.1 Å². The average Bonchev–Trinajstić information content (AvgIpc) is 2.99. The van der Waals surface area contributed by atoms with Crippen molar-refractivity contribution in [1.29, 1.82) is 0 Å². The fraction of sp³-hybridized carbons (Fsp3) is 0.200. The Kier molecular flexibility index (Phi) is 3.95. The molecule has 0 aliphatic heterocycles. The van der Waals surface area contributed by atoms with Gasteiger partial charge in [0.25, 0.3) is 0 Å². The molecule has 1 aromatic carbocycles. The van der Waals surface area contributed by atoms with Crippen LogP contribution in [0.3, 0.4) is 0 Å². The summed E-state index contributed by atoms with van der Waals surface area (Å²) >= 11 is 0. The first kappa shape index (κ1) is 14.0. The van der Waals surface area contributed by atoms with Gasteiger partial charge in [-0.2, -0.15) is 5.10 Å². The lowest BCUT2D eigenvalue weighted by molar-refractivity contribution is 0.415. The van der Waals surface area contributed by atoms with Crippen molar-refractivity contribution in [3.8, 4) is 17.0 Å². The molecule has 0 saturated heterocycles. The van der Waals surface area contributed by atoms with Gasteiger partial charge >= 0.3 is 0 Å². The molecular weight excluding hydrogens is 280 g/mol. The highest BCUT2D eigenvalue weighted by Gasteiger charge is 2.05. The van der Waals surface area contributed by atoms with Gasteiger partial charge in [0.15, 0.2) is 0 Å². The minimum Gasteiger partial charge on any atom is -0.497 e. The number of imidazole rings is 1. The highest BCUT2D eigenvalue weighted by molar-refractivity contribution is 5.60. The van der Waals surface area contributed by atoms with Gasteiger partial charge in [-0.25, -0.2) is 9.97 Å². The van der Waals surface area contributed by atoms with Crippen molar-refractivity contribution < 1.29 is 4.74 Å². The van der Waals surface area contributed by atoms with E-state index in [1.54, 1.807) is 19.5 Å². The molecule has 112 valence electrons. The highest BCUT2D eigenvalue weighted by atomic mass is 16.5. The summed E-state index contributed by atoms with van der Waals surface area (Å²) in [5.41, 5.74) is 2.71. The summed E-state index contributed by atoms with van der Waals surface area (Å²) in [7, 11) is 1.64. The number of nitrogens with one attached hydrogen (secondary N) is 2. The number of hydrogen-bond acceptors (Lipinski definition) is 6. The summed E-state index contributed by atoms with van der Waals surface area (Å²) in [4.78, 5) is 11.8. The number of H-pyrrole nitrogens is 1. The maximum atomic E-state index is 5.15. The van der Waals surface area contributed by atoms with Gasteiger partial charge in [0.2, 0.25) is 5.95 Å². The molecule has 0 atom stereocenters. The third-order valence-corrected chi connectivity index (χ3v) is 3.11. The number of anilines is 1. The smallest absolute Gasteiger partial charge is 0.243 e. The summed E-state index contributed by atoms with van der Waals surface area (Å²) < 4.78 is 5.15. The Morgan fingerprint density at radius 2 is 2.00 bits per heavy atom. The van der Waals surface area contributed by atoms with Gasteiger partial charge in [-0.15, -0.1) is 5.10 Å². The number of aromatic amines is 1. The minimum absolute atomic E-state index is 0.461. The van der Waals surface area contributed by atoms with E-state index in [1.807, 2.05) is 31.2 Å². The summed E-state index contributed by atoms with van der Waals surface area (Å²) in [5, 5.41) is 11.1. The Balaban J connectivity index is 1.73. The Bertz CT molecular complexity index is 753. The minimum atomic E-state index is 0.461. The van der Waals surface area contributed by atoms with Crippen LogP contribution in [0.1, 0.15) is 11.5 Å². The van der Waals surface area contributed by atoms with Crippen LogP contribution in [0, 0.1) is 6.92 Å². The lowest BCUT2D eigenvalue weighted by Gasteiger charge is -2.05. The standard InChI is InChI=1S/C15H16N6O/c1-10-7-16-14(19-10)9-17-15-20-13(8-18-21-15)11-3-5-12(22-2)6-4-11/h3-8H,9H2,1-2H3,(H,16,19)(H,17,20,21). The summed E-state index contributed by atoms with van der Waals surface area (Å²) in [6, 6.07) is 7.64. The molecule has 22 heavy (non-hydrogen) atoms. The van der Waals surface area contributed by atoms with Crippen LogP contribution in [0.4, 0.5) is 5.95 Å². The molecular formula is C15H16N6O. The number of methoxy groups -OCH3 is 1. The fourth-order valence-electron chi connectivity index (χ4n) is 2.00. The second-order valence-electron chi connectivity index (χ2n) is 4.76. The molecule has 7 heteroatoms. The molecule has 0 aliphatic rings. The van der Waals surface area contributed by atoms with Gasteiger partial charge in [0.1, 0.15) is 11.6 Å². The van der Waals surface area contributed by atoms with E-state index in [2.05, 4.69) is 30.5 Å². The number of benzene rings is 1. The lowest BCUT2D eigenvalue weighted by atomic mass is 10.1. The van der Waals surface area contributed by atoms with E-state index in [0.717, 1.165) is 28.5 Å². The monoisotopic (exact) mass is 296 g/mol. The third-order valence-electron chi connectivity index (χ3n) is 3.11. The number of nitrogens with zero attached hydrogens (tertiary/aromatic N) is 4. The Morgan fingerprint density at radius 1 is 1.18 bits per heavy atom. The summed E-state index contributed by atoms with van der Waals surface area (Å²) in [6.07, 6.45) is 3.41. The molecule has 0 spiro atoms. The van der Waals surface area contributed by atoms with Crippen LogP contribution >= 0.6 is 0 Å². The zero-order valence-corrected chi connectivity index (χ0v) is 12.4. The highest BCUT2D eigenvalue weighted by Crippen LogP contribution is 2.20. The molecule has 0 saturated carbocycles. The van der Waals surface area contributed by atoms with Crippen LogP contribution in [-0.4, -0.2) is 32.3 Å². The van der Waals surface area contributed by atoms with Gasteiger partial charge in [-0.3, -0.25) is 0 Å². The first-order chi connectivity index (χ1) is 10.7. The predicted molar refractivity (Wildman–Crippen MR) is 82.5 cm³/mol. The second kappa shape index (κ2) is 6.21. The molecule has 0 unspecified atom stereocenters. The molecule has 3 aromatic rings. The van der Waals surface area contributed by atoms with Crippen LogP contribution in [0.15, 0.2) is 36.7 Å². The van der Waals surface area contributed by atoms with Crippen molar-refractivity contribution in [2.75, 3.05) is 12.4 Å². The molecule has 2 heterocycles. The molecule has 2 N–H and O–H groups in total. The van der Waals surface area contributed by atoms with Crippen LogP contribution in [0.25, 0.3) is 11.3 Å². The lowest BCUT2D eigenvalue weighted by Crippen LogP contribution is -2.06. The number of hydrogen-bond donors (Lipinski definition) is 2. The molecule has 2 aromatic heterocycles. The van der Waals surface area contributed by atoms with Crippen LogP contribution in [0.2, 0.25) is 0 Å². The van der Waals surface area contributed by atoms with Gasteiger partial charge in [0, 0.05) is 17.5 Å². The first-order valence-electron chi connectivity index (χ1n) is 6.83. The van der Waals surface area contributed by atoms with Crippen molar-refractivity contribution in [2.24, 2.45) is 0 Å². The summed E-state index contributed by atoms with van der Waals surface area (Å²) in [6.45, 7) is 2.47. The van der Waals surface area contributed by atoms with E-state index in [4.69, 9.17) is 4.74 Å². The van der Waals surface area contributed by atoms with Gasteiger partial charge in [-0.1, -0.05) is 0 Å². The third kappa shape index (κ3) is 3.20. The van der Waals surface area contributed by atoms with E-state index in [-0.39, 0.29) is 0 Å². The van der Waals surface area contributed by atoms with Gasteiger partial charge in [-0.05, 0) is 31.2 Å². The molecule has 0 radical (unpaired) electrons. The van der Waals surface area contributed by atoms with Gasteiger partial charge in [0.05, 0.1) is 25.5 Å². The van der Waals surface area contributed by atoms with Crippen molar-refractivity contribution >= 4 is 5.95 Å². The predicted octanol–water partition coefficient (Wildman–Crippen LogP) is 2.19. The maximum absolute atomic E-state index is 5.15. The number of rotatable bonds is 5. The molecule has 3 rings (SSSR count). The molecule has 7 nitrogen and oxygen atoms in total. The van der Waals surface area contributed by atoms with E-state index in [0.29, 0.717) is 12.5 Å². The number of aryl methyl sites for hydroxylation is 1. The topological polar surface area (TPSA) is 88.6 Å². The quantitative estimate of drug-likeness (QED) is 0.750. The SMILES string of the molecule is COc1ccc(-c2cnnc(NCc3ncc(C)[nH]3)n2)cc1. The zero-order chi connectivity index (χ0) is 15.4. The van der Waals surface area contributed by atoms with Crippen molar-refractivity contribution in [2.45, 2.75) is 13.5 Å². The van der Waals surface area contributed by atoms with Crippen LogP contribution in [-0.2, 0) is 6.54 Å². The maximum Gasteiger partial charge on any atom is 0.243 e.